The van der Waals surface area contributed by atoms with Crippen LogP contribution >= 0.6 is 0 Å². The quantitative estimate of drug-likeness (QED) is 0.190. The van der Waals surface area contributed by atoms with Gasteiger partial charge in [-0.3, -0.25) is 4.79 Å². The van der Waals surface area contributed by atoms with Crippen LogP contribution in [0, 0.1) is 39.0 Å². The second-order valence-corrected chi connectivity index (χ2v) is 13.9. The minimum atomic E-state index is -0.0539. The Kier molecular flexibility index (Phi) is 9.78. The lowest BCUT2D eigenvalue weighted by atomic mass is 9.75. The van der Waals surface area contributed by atoms with E-state index in [0.29, 0.717) is 24.1 Å². The number of aromatic nitrogens is 3. The van der Waals surface area contributed by atoms with Crippen LogP contribution in [-0.2, 0) is 19.6 Å². The molecule has 0 saturated carbocycles. The lowest BCUT2D eigenvalue weighted by Crippen LogP contribution is -2.45. The molecule has 1 unspecified atom stereocenters. The van der Waals surface area contributed by atoms with Crippen molar-refractivity contribution < 1.29 is 9.53 Å². The van der Waals surface area contributed by atoms with Gasteiger partial charge in [-0.05, 0) is 91.9 Å². The summed E-state index contributed by atoms with van der Waals surface area (Å²) in [6.45, 7) is 19.6. The maximum Gasteiger partial charge on any atom is 0.256 e. The number of nitrogens with zero attached hydrogens (tertiary/aromatic N) is 5. The van der Waals surface area contributed by atoms with Crippen LogP contribution in [0.2, 0.25) is 0 Å². The van der Waals surface area contributed by atoms with Crippen molar-refractivity contribution in [2.24, 2.45) is 11.3 Å². The molecule has 7 heteroatoms. The van der Waals surface area contributed by atoms with Crippen molar-refractivity contribution in [1.29, 1.82) is 0 Å². The molecule has 5 rings (SSSR count). The number of carbonyl (C=O) groups is 1. The summed E-state index contributed by atoms with van der Waals surface area (Å²) in [5.41, 5.74) is 9.26. The van der Waals surface area contributed by atoms with Crippen LogP contribution in [0.15, 0.2) is 60.8 Å². The molecule has 1 aromatic heterocycles. The fraction of sp³-hybridized carbons (Fsp3) is 0.447. The molecule has 0 aliphatic carbocycles. The first-order chi connectivity index (χ1) is 21.4. The molecule has 2 heterocycles. The van der Waals surface area contributed by atoms with Crippen molar-refractivity contribution in [1.82, 2.24) is 24.8 Å². The zero-order valence-electron chi connectivity index (χ0n) is 28.4. The van der Waals surface area contributed by atoms with Gasteiger partial charge in [0.1, 0.15) is 12.4 Å². The summed E-state index contributed by atoms with van der Waals surface area (Å²) in [6.07, 6.45) is 4.04. The molecule has 45 heavy (non-hydrogen) atoms. The summed E-state index contributed by atoms with van der Waals surface area (Å²) in [6, 6.07) is 18.5. The van der Waals surface area contributed by atoms with Gasteiger partial charge in [0.15, 0.2) is 0 Å². The largest absolute Gasteiger partial charge is 0.488 e. The highest BCUT2D eigenvalue weighted by atomic mass is 16.5. The minimum Gasteiger partial charge on any atom is -0.488 e. The first-order valence-electron chi connectivity index (χ1n) is 16.2. The Labute approximate surface area is 269 Å². The molecule has 7 nitrogen and oxygen atoms in total. The third-order valence-electron chi connectivity index (χ3n) is 9.45. The number of hydrogen-bond donors (Lipinski definition) is 0. The molecule has 3 aromatic carbocycles. The van der Waals surface area contributed by atoms with Crippen LogP contribution in [0.1, 0.15) is 76.6 Å². The second-order valence-electron chi connectivity index (χ2n) is 13.9. The van der Waals surface area contributed by atoms with Crippen molar-refractivity contribution >= 4 is 5.91 Å². The molecule has 4 aromatic rings. The Hall–Kier alpha value is -3.97. The van der Waals surface area contributed by atoms with Crippen LogP contribution in [0.3, 0.4) is 0 Å². The highest BCUT2D eigenvalue weighted by molar-refractivity contribution is 5.97. The normalized spacial score (nSPS) is 16.5. The summed E-state index contributed by atoms with van der Waals surface area (Å²) < 4.78 is 7.99. The lowest BCUT2D eigenvalue weighted by molar-refractivity contribution is 0.0655. The molecule has 0 spiro atoms. The van der Waals surface area contributed by atoms with Gasteiger partial charge in [-0.15, -0.1) is 5.10 Å². The Morgan fingerprint density at radius 3 is 2.44 bits per heavy atom. The topological polar surface area (TPSA) is 63.5 Å². The summed E-state index contributed by atoms with van der Waals surface area (Å²) >= 11 is 0. The highest BCUT2D eigenvalue weighted by Crippen LogP contribution is 2.34. The number of carbonyl (C=O) groups excluding carboxylic acids is 1. The van der Waals surface area contributed by atoms with Gasteiger partial charge < -0.3 is 14.5 Å². The first kappa shape index (κ1) is 32.4. The van der Waals surface area contributed by atoms with Gasteiger partial charge >= 0.3 is 0 Å². The van der Waals surface area contributed by atoms with E-state index in [1.165, 1.54) is 12.0 Å². The van der Waals surface area contributed by atoms with Crippen molar-refractivity contribution in [2.45, 2.75) is 74.5 Å². The average Bonchev–Trinajstić information content (AvgIpc) is 3.46. The molecule has 1 saturated heterocycles. The van der Waals surface area contributed by atoms with Gasteiger partial charge in [0.25, 0.3) is 5.91 Å². The van der Waals surface area contributed by atoms with Gasteiger partial charge in [-0.25, -0.2) is 4.68 Å². The maximum absolute atomic E-state index is 13.8. The number of piperidine rings is 1. The number of aryl methyl sites for hydroxylation is 4. The van der Waals surface area contributed by atoms with Crippen LogP contribution in [0.25, 0.3) is 5.69 Å². The molecular weight excluding hydrogens is 558 g/mol. The van der Waals surface area contributed by atoms with Crippen LogP contribution < -0.4 is 4.74 Å². The SMILES string of the molecule is Cc1cccc(COc2c(C)cc(CN(C)C(=O)c3ccc(C)cc3-n3cc(CCN4CCC(C)C(C)(C)C4)nn3)cc2C)c1. The predicted octanol–water partition coefficient (Wildman–Crippen LogP) is 7.26. The van der Waals surface area contributed by atoms with E-state index >= 15 is 0 Å². The van der Waals surface area contributed by atoms with Crippen molar-refractivity contribution in [3.63, 3.8) is 0 Å². The number of benzene rings is 3. The van der Waals surface area contributed by atoms with E-state index in [4.69, 9.17) is 4.74 Å². The molecule has 0 bridgehead atoms. The Bertz CT molecular complexity index is 1630. The summed E-state index contributed by atoms with van der Waals surface area (Å²) in [4.78, 5) is 18.2. The summed E-state index contributed by atoms with van der Waals surface area (Å²) in [5.74, 6) is 1.58. The van der Waals surface area contributed by atoms with Gasteiger partial charge in [0, 0.05) is 33.1 Å². The molecule has 1 atom stereocenters. The van der Waals surface area contributed by atoms with E-state index in [1.807, 2.05) is 38.4 Å². The fourth-order valence-corrected chi connectivity index (χ4v) is 6.45. The molecule has 0 radical (unpaired) electrons. The summed E-state index contributed by atoms with van der Waals surface area (Å²) in [5, 5.41) is 8.95. The predicted molar refractivity (Wildman–Crippen MR) is 181 cm³/mol. The van der Waals surface area contributed by atoms with Crippen molar-refractivity contribution in [2.75, 3.05) is 26.7 Å². The van der Waals surface area contributed by atoms with Gasteiger partial charge in [-0.1, -0.05) is 74.0 Å². The number of rotatable bonds is 10. The maximum atomic E-state index is 13.8. The second kappa shape index (κ2) is 13.6. The minimum absolute atomic E-state index is 0.0539. The van der Waals surface area contributed by atoms with E-state index in [1.54, 1.807) is 9.58 Å². The van der Waals surface area contributed by atoms with Crippen LogP contribution in [-0.4, -0.2) is 57.4 Å². The van der Waals surface area contributed by atoms with E-state index in [2.05, 4.69) is 93.2 Å². The number of amides is 1. The number of hydrogen-bond acceptors (Lipinski definition) is 5. The molecular formula is C38H49N5O2. The van der Waals surface area contributed by atoms with Crippen molar-refractivity contribution in [3.8, 4) is 11.4 Å². The Balaban J connectivity index is 1.26. The van der Waals surface area contributed by atoms with Crippen molar-refractivity contribution in [3.05, 3.63) is 105 Å². The molecule has 0 N–H and O–H groups in total. The van der Waals surface area contributed by atoms with E-state index in [-0.39, 0.29) is 5.91 Å². The molecule has 1 aliphatic rings. The van der Waals surface area contributed by atoms with E-state index in [9.17, 15) is 4.79 Å². The van der Waals surface area contributed by atoms with Crippen LogP contribution in [0.5, 0.6) is 5.75 Å². The standard InChI is InChI=1S/C38H49N5O2/c1-26-10-9-11-31(18-26)24-45-36-28(3)20-32(21-29(36)4)22-41(8)37(44)34-13-12-27(2)19-35(34)43-23-33(39-40-43)15-17-42-16-14-30(5)38(6,7)25-42/h9-13,18-21,23,30H,14-17,22,24-25H2,1-8H3. The first-order valence-corrected chi connectivity index (χ1v) is 16.2. The van der Waals surface area contributed by atoms with E-state index in [0.717, 1.165) is 76.9 Å². The number of likely N-dealkylation sites (tertiary alicyclic amines) is 1. The smallest absolute Gasteiger partial charge is 0.256 e. The third kappa shape index (κ3) is 7.82. The average molecular weight is 608 g/mol. The monoisotopic (exact) mass is 607 g/mol. The Morgan fingerprint density at radius 2 is 1.73 bits per heavy atom. The van der Waals surface area contributed by atoms with Crippen LogP contribution in [0.4, 0.5) is 0 Å². The van der Waals surface area contributed by atoms with E-state index < -0.39 is 0 Å². The van der Waals surface area contributed by atoms with Gasteiger partial charge in [-0.2, -0.15) is 0 Å². The van der Waals surface area contributed by atoms with Gasteiger partial charge in [0.05, 0.1) is 23.1 Å². The molecule has 1 aliphatic heterocycles. The number of ether oxygens (including phenoxy) is 1. The molecule has 1 amide bonds. The highest BCUT2D eigenvalue weighted by Gasteiger charge is 2.32. The molecule has 238 valence electrons. The zero-order chi connectivity index (χ0) is 32.3. The summed E-state index contributed by atoms with van der Waals surface area (Å²) in [7, 11) is 1.85. The molecule has 1 fully saturated rings. The Morgan fingerprint density at radius 1 is 1.00 bits per heavy atom. The lowest BCUT2D eigenvalue weighted by Gasteiger charge is -2.43. The zero-order valence-corrected chi connectivity index (χ0v) is 28.4. The fourth-order valence-electron chi connectivity index (χ4n) is 6.45. The van der Waals surface area contributed by atoms with Gasteiger partial charge in [0.2, 0.25) is 0 Å². The third-order valence-corrected chi connectivity index (χ3v) is 9.45.